The summed E-state index contributed by atoms with van der Waals surface area (Å²) in [5.74, 6) is -1.97. The quantitative estimate of drug-likeness (QED) is 0.360. The number of aliphatic hydroxyl groups is 1. The van der Waals surface area contributed by atoms with Gasteiger partial charge >= 0.3 is 5.97 Å². The second-order valence-electron chi connectivity index (χ2n) is 12.2. The lowest BCUT2D eigenvalue weighted by molar-refractivity contribution is -0.332. The van der Waals surface area contributed by atoms with Crippen molar-refractivity contribution in [2.24, 2.45) is 17.8 Å². The molecule has 0 saturated carbocycles. The lowest BCUT2D eigenvalue weighted by atomic mass is 9.71. The molecule has 0 radical (unpaired) electrons. The predicted molar refractivity (Wildman–Crippen MR) is 142 cm³/mol. The van der Waals surface area contributed by atoms with Gasteiger partial charge in [0, 0.05) is 19.3 Å². The number of fused-ring (bicyclic) bond motifs is 2. The minimum absolute atomic E-state index is 0.0429. The fraction of sp³-hybridized carbons (Fsp3) is 0.677. The highest BCUT2D eigenvalue weighted by atomic mass is 16.7. The van der Waals surface area contributed by atoms with Gasteiger partial charge in [0.2, 0.25) is 0 Å². The Morgan fingerprint density at radius 3 is 2.63 bits per heavy atom. The first-order chi connectivity index (χ1) is 18.0. The third kappa shape index (κ3) is 5.10. The van der Waals surface area contributed by atoms with E-state index >= 15 is 0 Å². The number of allylic oxidation sites excluding steroid dienone is 4. The fourth-order valence-corrected chi connectivity index (χ4v) is 6.70. The Labute approximate surface area is 225 Å². The van der Waals surface area contributed by atoms with E-state index in [1.54, 1.807) is 19.1 Å². The normalized spacial score (nSPS) is 47.7. The summed E-state index contributed by atoms with van der Waals surface area (Å²) < 4.78 is 25.0. The lowest BCUT2D eigenvalue weighted by Gasteiger charge is -2.49. The summed E-state index contributed by atoms with van der Waals surface area (Å²) in [6.07, 6.45) is 12.2. The van der Waals surface area contributed by atoms with Crippen molar-refractivity contribution in [3.05, 3.63) is 47.1 Å². The van der Waals surface area contributed by atoms with E-state index in [-0.39, 0.29) is 30.5 Å². The number of ether oxygens (including phenoxy) is 4. The van der Waals surface area contributed by atoms with Crippen LogP contribution in [0.3, 0.4) is 0 Å². The van der Waals surface area contributed by atoms with E-state index < -0.39 is 35.5 Å². The average molecular weight is 527 g/mol. The van der Waals surface area contributed by atoms with Gasteiger partial charge in [-0.3, -0.25) is 9.59 Å². The maximum Gasteiger partial charge on any atom is 0.316 e. The standard InChI is InChI=1S/C31H42O7/c1-18-7-6-8-23-17-35-28-27(32)21(4)14-26(31(23,28)34)29(33)36-25-15-24(10-9-19(2)13-18)38-30(16-25)12-11-20(3)22(5)37-30/h6-9,14,18,20,22,24-26,28,34H,10-13,15-17H2,1-5H3/b7-6+,19-9+,23-8+/t18-,20-,22+,24+,25-,26-,28+,30+,31+/m0/s1. The molecule has 1 aliphatic carbocycles. The molecule has 4 aliphatic heterocycles. The second kappa shape index (κ2) is 10.5. The van der Waals surface area contributed by atoms with Crippen LogP contribution in [0.5, 0.6) is 0 Å². The Morgan fingerprint density at radius 1 is 1.08 bits per heavy atom. The summed E-state index contributed by atoms with van der Waals surface area (Å²) in [7, 11) is 0. The zero-order valence-corrected chi connectivity index (χ0v) is 23.3. The van der Waals surface area contributed by atoms with Gasteiger partial charge in [0.05, 0.1) is 18.8 Å². The Hall–Kier alpha value is -2.06. The van der Waals surface area contributed by atoms with Crippen molar-refractivity contribution >= 4 is 11.8 Å². The van der Waals surface area contributed by atoms with Crippen LogP contribution < -0.4 is 0 Å². The van der Waals surface area contributed by atoms with E-state index in [9.17, 15) is 14.7 Å². The smallest absolute Gasteiger partial charge is 0.316 e. The van der Waals surface area contributed by atoms with Gasteiger partial charge in [0.15, 0.2) is 17.7 Å². The van der Waals surface area contributed by atoms with Crippen molar-refractivity contribution in [2.45, 2.75) is 109 Å². The molecule has 0 aromatic heterocycles. The molecule has 5 rings (SSSR count). The molecule has 7 heteroatoms. The van der Waals surface area contributed by atoms with Gasteiger partial charge in [-0.15, -0.1) is 0 Å². The molecule has 1 spiro atoms. The number of carbonyl (C=O) groups excluding carboxylic acids is 2. The van der Waals surface area contributed by atoms with Crippen molar-refractivity contribution in [1.82, 2.24) is 0 Å². The van der Waals surface area contributed by atoms with Crippen LogP contribution in [0.25, 0.3) is 0 Å². The van der Waals surface area contributed by atoms with Crippen molar-refractivity contribution in [3.8, 4) is 0 Å². The Morgan fingerprint density at radius 2 is 1.87 bits per heavy atom. The zero-order valence-electron chi connectivity index (χ0n) is 23.3. The van der Waals surface area contributed by atoms with E-state index in [4.69, 9.17) is 18.9 Å². The van der Waals surface area contributed by atoms with Crippen molar-refractivity contribution in [1.29, 1.82) is 0 Å². The molecule has 7 nitrogen and oxygen atoms in total. The topological polar surface area (TPSA) is 91.3 Å². The first kappa shape index (κ1) is 27.5. The largest absolute Gasteiger partial charge is 0.462 e. The number of Topliss-reactive ketones (excluding diaryl/α,β-unsaturated/α-hetero) is 1. The van der Waals surface area contributed by atoms with Crippen LogP contribution in [0.2, 0.25) is 0 Å². The number of rotatable bonds is 0. The van der Waals surface area contributed by atoms with E-state index in [1.165, 1.54) is 5.57 Å². The van der Waals surface area contributed by atoms with Gasteiger partial charge in [-0.1, -0.05) is 49.8 Å². The van der Waals surface area contributed by atoms with Crippen LogP contribution in [-0.4, -0.2) is 59.3 Å². The van der Waals surface area contributed by atoms with Crippen LogP contribution in [0, 0.1) is 17.8 Å². The maximum absolute atomic E-state index is 13.8. The van der Waals surface area contributed by atoms with Crippen molar-refractivity contribution in [3.63, 3.8) is 0 Å². The van der Waals surface area contributed by atoms with Gasteiger partial charge in [-0.2, -0.15) is 0 Å². The highest BCUT2D eigenvalue weighted by molar-refractivity contribution is 6.03. The third-order valence-corrected chi connectivity index (χ3v) is 9.11. The number of hydrogen-bond acceptors (Lipinski definition) is 7. The Balaban J connectivity index is 1.52. The summed E-state index contributed by atoms with van der Waals surface area (Å²) in [6, 6.07) is 0. The molecule has 9 atom stereocenters. The summed E-state index contributed by atoms with van der Waals surface area (Å²) in [5, 5.41) is 11.9. The lowest BCUT2D eigenvalue weighted by Crippen LogP contribution is -2.57. The Kier molecular flexibility index (Phi) is 7.59. The van der Waals surface area contributed by atoms with Crippen LogP contribution in [0.1, 0.15) is 73.1 Å². The summed E-state index contributed by atoms with van der Waals surface area (Å²) in [6.45, 7) is 10.3. The van der Waals surface area contributed by atoms with Crippen LogP contribution in [0.15, 0.2) is 47.1 Å². The van der Waals surface area contributed by atoms with Crippen LogP contribution >= 0.6 is 0 Å². The van der Waals surface area contributed by atoms with Crippen LogP contribution in [-0.2, 0) is 28.5 Å². The number of hydrogen-bond donors (Lipinski definition) is 1. The molecule has 38 heavy (non-hydrogen) atoms. The van der Waals surface area contributed by atoms with Crippen LogP contribution in [0.4, 0.5) is 0 Å². The molecule has 0 amide bonds. The fourth-order valence-electron chi connectivity index (χ4n) is 6.70. The summed E-state index contributed by atoms with van der Waals surface area (Å²) in [5.41, 5.74) is 0.416. The molecule has 2 bridgehead atoms. The molecule has 1 N–H and O–H groups in total. The molecule has 0 aromatic rings. The number of ketones is 1. The molecule has 5 aliphatic rings. The minimum Gasteiger partial charge on any atom is -0.462 e. The van der Waals surface area contributed by atoms with Crippen molar-refractivity contribution < 1.29 is 33.6 Å². The molecular formula is C31H42O7. The van der Waals surface area contributed by atoms with Gasteiger partial charge in [-0.25, -0.2) is 0 Å². The monoisotopic (exact) mass is 526 g/mol. The first-order valence-corrected chi connectivity index (χ1v) is 14.2. The van der Waals surface area contributed by atoms with Gasteiger partial charge in [-0.05, 0) is 63.0 Å². The molecule has 4 heterocycles. The predicted octanol–water partition coefficient (Wildman–Crippen LogP) is 4.74. The first-order valence-electron chi connectivity index (χ1n) is 14.2. The highest BCUT2D eigenvalue weighted by Gasteiger charge is 2.60. The van der Waals surface area contributed by atoms with Gasteiger partial charge in [0.1, 0.15) is 17.6 Å². The zero-order chi connectivity index (χ0) is 27.2. The molecule has 3 saturated heterocycles. The number of esters is 1. The van der Waals surface area contributed by atoms with E-state index in [1.807, 2.05) is 6.08 Å². The molecule has 3 fully saturated rings. The molecule has 0 unspecified atom stereocenters. The second-order valence-corrected chi connectivity index (χ2v) is 12.2. The minimum atomic E-state index is -1.78. The van der Waals surface area contributed by atoms with Crippen molar-refractivity contribution in [2.75, 3.05) is 6.61 Å². The maximum atomic E-state index is 13.8. The third-order valence-electron chi connectivity index (χ3n) is 9.11. The SMILES string of the molecule is CC1=C[C@H]2C(=O)O[C@H]3C[C@@H](C/C=C(\C)C[C@@H](C)/C=C/C=C4\CO[C@H](C1=O)[C@@]42O)O[C@]1(CC[C@H](C)[C@@H](C)O1)C3. The Bertz CT molecular complexity index is 1090. The van der Waals surface area contributed by atoms with Gasteiger partial charge in [0.25, 0.3) is 0 Å². The summed E-state index contributed by atoms with van der Waals surface area (Å²) in [4.78, 5) is 26.7. The van der Waals surface area contributed by atoms with E-state index in [0.717, 1.165) is 19.3 Å². The van der Waals surface area contributed by atoms with E-state index in [0.29, 0.717) is 36.3 Å². The average Bonchev–Trinajstić information content (AvgIpc) is 3.19. The molecule has 0 aromatic carbocycles. The molecular weight excluding hydrogens is 484 g/mol. The molecule has 208 valence electrons. The number of carbonyl (C=O) groups is 2. The summed E-state index contributed by atoms with van der Waals surface area (Å²) >= 11 is 0. The van der Waals surface area contributed by atoms with E-state index in [2.05, 4.69) is 39.8 Å². The van der Waals surface area contributed by atoms with Gasteiger partial charge < -0.3 is 24.1 Å². The highest BCUT2D eigenvalue weighted by Crippen LogP contribution is 2.46.